The van der Waals surface area contributed by atoms with E-state index in [2.05, 4.69) is 0 Å². The summed E-state index contributed by atoms with van der Waals surface area (Å²) < 4.78 is 4.94. The number of rotatable bonds is 0. The van der Waals surface area contributed by atoms with Gasteiger partial charge in [0.15, 0.2) is 0 Å². The monoisotopic (exact) mass is 112 g/mol. The molecular weight excluding hydrogens is 99.0 g/mol. The first-order valence-corrected chi connectivity index (χ1v) is 2.08. The molecule has 0 atom stereocenters. The van der Waals surface area contributed by atoms with Crippen molar-refractivity contribution in [1.82, 2.24) is 0 Å². The zero-order chi connectivity index (χ0) is 3.54. The molecule has 2 heteroatoms. The van der Waals surface area contributed by atoms with Gasteiger partial charge in [-0.05, 0) is 12.8 Å². The van der Waals surface area contributed by atoms with E-state index in [-0.39, 0.29) is 38.4 Å². The molecular formula is C5H13NaO. The molecule has 1 rings (SSSR count). The van der Waals surface area contributed by atoms with E-state index in [4.69, 9.17) is 4.74 Å². The number of hydrogen-bond acceptors (Lipinski definition) is 1. The van der Waals surface area contributed by atoms with Crippen molar-refractivity contribution in [3.63, 3.8) is 0 Å². The van der Waals surface area contributed by atoms with Gasteiger partial charge >= 0.3 is 29.6 Å². The van der Waals surface area contributed by atoms with Crippen LogP contribution in [0, 0.1) is 0 Å². The molecule has 40 valence electrons. The Morgan fingerprint density at radius 3 is 1.71 bits per heavy atom. The van der Waals surface area contributed by atoms with Crippen LogP contribution < -0.4 is 29.6 Å². The van der Waals surface area contributed by atoms with Crippen LogP contribution in [0.25, 0.3) is 0 Å². The van der Waals surface area contributed by atoms with Gasteiger partial charge in [0, 0.05) is 13.2 Å². The van der Waals surface area contributed by atoms with Crippen molar-refractivity contribution >= 4 is 0 Å². The Balaban J connectivity index is -0.0000000833. The summed E-state index contributed by atoms with van der Waals surface area (Å²) in [6, 6.07) is 0. The average molecular weight is 112 g/mol. The van der Waals surface area contributed by atoms with Crippen LogP contribution >= 0.6 is 0 Å². The van der Waals surface area contributed by atoms with E-state index in [0.29, 0.717) is 0 Å². The fourth-order valence-electron chi connectivity index (χ4n) is 0.510. The molecule has 0 spiro atoms. The van der Waals surface area contributed by atoms with Crippen LogP contribution in [0.4, 0.5) is 0 Å². The second kappa shape index (κ2) is 6.96. The molecule has 1 fully saturated rings. The number of hydrogen-bond donors (Lipinski definition) is 0. The van der Waals surface area contributed by atoms with Crippen LogP contribution in [-0.4, -0.2) is 13.2 Å². The van der Waals surface area contributed by atoms with Gasteiger partial charge in [-0.15, -0.1) is 0 Å². The van der Waals surface area contributed by atoms with Gasteiger partial charge in [0.25, 0.3) is 0 Å². The normalized spacial score (nSPS) is 17.1. The molecule has 0 aromatic carbocycles. The zero-order valence-corrected chi connectivity index (χ0v) is 6.24. The first-order chi connectivity index (χ1) is 2.50. The van der Waals surface area contributed by atoms with Crippen molar-refractivity contribution in [3.05, 3.63) is 0 Å². The molecule has 0 radical (unpaired) electrons. The Morgan fingerprint density at radius 2 is 1.57 bits per heavy atom. The third-order valence-electron chi connectivity index (χ3n) is 0.827. The van der Waals surface area contributed by atoms with Crippen LogP contribution in [0.2, 0.25) is 0 Å². The molecule has 0 N–H and O–H groups in total. The maximum absolute atomic E-state index is 4.94. The van der Waals surface area contributed by atoms with Crippen molar-refractivity contribution in [3.8, 4) is 0 Å². The minimum Gasteiger partial charge on any atom is -1.00 e. The molecule has 1 nitrogen and oxygen atoms in total. The minimum atomic E-state index is 0. The molecule has 7 heavy (non-hydrogen) atoms. The minimum absolute atomic E-state index is 0. The van der Waals surface area contributed by atoms with Crippen molar-refractivity contribution < 1.29 is 35.7 Å². The summed E-state index contributed by atoms with van der Waals surface area (Å²) in [7, 11) is 0. The second-order valence-corrected chi connectivity index (χ2v) is 1.32. The van der Waals surface area contributed by atoms with Crippen LogP contribution in [0.15, 0.2) is 0 Å². The quantitative estimate of drug-likeness (QED) is 0.348. The van der Waals surface area contributed by atoms with Crippen LogP contribution in [0.3, 0.4) is 0 Å². The smallest absolute Gasteiger partial charge is 1.00 e. The van der Waals surface area contributed by atoms with E-state index < -0.39 is 0 Å². The van der Waals surface area contributed by atoms with E-state index in [9.17, 15) is 0 Å². The van der Waals surface area contributed by atoms with Gasteiger partial charge in [-0.25, -0.2) is 0 Å². The largest absolute Gasteiger partial charge is 1.00 e. The summed E-state index contributed by atoms with van der Waals surface area (Å²) >= 11 is 0. The Morgan fingerprint density at radius 1 is 1.14 bits per heavy atom. The molecule has 0 bridgehead atoms. The standard InChI is InChI=1S/C4H8O.CH4.Na.H/c1-2-4-5-3-1;;;/h1-4H2;1H4;;/q;;+1;-1. The fraction of sp³-hybridized carbons (Fsp3) is 1.00. The van der Waals surface area contributed by atoms with Crippen molar-refractivity contribution in [1.29, 1.82) is 0 Å². The summed E-state index contributed by atoms with van der Waals surface area (Å²) in [5.74, 6) is 0. The van der Waals surface area contributed by atoms with Crippen LogP contribution in [-0.2, 0) is 4.74 Å². The predicted octanol–water partition coefficient (Wildman–Crippen LogP) is -1.45. The summed E-state index contributed by atoms with van der Waals surface area (Å²) in [5.41, 5.74) is 0. The van der Waals surface area contributed by atoms with Gasteiger partial charge < -0.3 is 6.16 Å². The van der Waals surface area contributed by atoms with Gasteiger partial charge in [0.1, 0.15) is 0 Å². The summed E-state index contributed by atoms with van der Waals surface area (Å²) in [5, 5.41) is 0. The molecule has 0 aromatic rings. The third kappa shape index (κ3) is 4.82. The van der Waals surface area contributed by atoms with E-state index in [1.165, 1.54) is 12.8 Å². The molecule has 0 aliphatic carbocycles. The molecule has 0 unspecified atom stereocenters. The van der Waals surface area contributed by atoms with E-state index >= 15 is 0 Å². The first kappa shape index (κ1) is 10.9. The van der Waals surface area contributed by atoms with Crippen LogP contribution in [0.5, 0.6) is 0 Å². The van der Waals surface area contributed by atoms with E-state index in [0.717, 1.165) is 13.2 Å². The van der Waals surface area contributed by atoms with Gasteiger partial charge in [-0.2, -0.15) is 0 Å². The zero-order valence-electron chi connectivity index (χ0n) is 5.24. The van der Waals surface area contributed by atoms with Gasteiger partial charge in [-0.1, -0.05) is 7.43 Å². The van der Waals surface area contributed by atoms with Crippen molar-refractivity contribution in [2.75, 3.05) is 13.2 Å². The summed E-state index contributed by atoms with van der Waals surface area (Å²) in [6.07, 6.45) is 2.56. The average Bonchev–Trinajstić information content (AvgIpc) is 1.76. The Kier molecular flexibility index (Phi) is 10.8. The fourth-order valence-corrected chi connectivity index (χ4v) is 0.510. The van der Waals surface area contributed by atoms with Crippen molar-refractivity contribution in [2.24, 2.45) is 0 Å². The second-order valence-electron chi connectivity index (χ2n) is 1.32. The van der Waals surface area contributed by atoms with Gasteiger partial charge in [-0.3, -0.25) is 0 Å². The number of ether oxygens (including phenoxy) is 1. The molecule has 0 aromatic heterocycles. The van der Waals surface area contributed by atoms with E-state index in [1.807, 2.05) is 0 Å². The SMILES string of the molecule is C.C1CCOC1.[H-].[Na+]. The predicted molar refractivity (Wildman–Crippen MR) is 27.9 cm³/mol. The molecule has 1 saturated heterocycles. The Labute approximate surface area is 69.2 Å². The Hall–Kier alpha value is 0.960. The summed E-state index contributed by atoms with van der Waals surface area (Å²) in [4.78, 5) is 0. The maximum atomic E-state index is 4.94. The van der Waals surface area contributed by atoms with E-state index in [1.54, 1.807) is 0 Å². The van der Waals surface area contributed by atoms with Crippen molar-refractivity contribution in [2.45, 2.75) is 20.3 Å². The van der Waals surface area contributed by atoms with Gasteiger partial charge in [0.05, 0.1) is 0 Å². The van der Waals surface area contributed by atoms with Gasteiger partial charge in [0.2, 0.25) is 0 Å². The maximum Gasteiger partial charge on any atom is 1.00 e. The molecule has 1 heterocycles. The first-order valence-electron chi connectivity index (χ1n) is 2.08. The molecule has 1 aliphatic rings. The molecule has 0 saturated carbocycles. The third-order valence-corrected chi connectivity index (χ3v) is 0.827. The molecule has 0 amide bonds. The Bertz CT molecular complexity index is 24.0. The summed E-state index contributed by atoms with van der Waals surface area (Å²) in [6.45, 7) is 2.00. The molecule has 1 aliphatic heterocycles. The van der Waals surface area contributed by atoms with Crippen LogP contribution in [0.1, 0.15) is 21.7 Å². The topological polar surface area (TPSA) is 9.23 Å².